The lowest BCUT2D eigenvalue weighted by Gasteiger charge is -2.28. The number of aromatic nitrogens is 2. The Kier molecular flexibility index (Phi) is 3.44. The van der Waals surface area contributed by atoms with Crippen LogP contribution < -0.4 is 4.90 Å². The summed E-state index contributed by atoms with van der Waals surface area (Å²) in [4.78, 5) is 10.3. The maximum atomic E-state index is 10.3. The molecule has 1 heterocycles. The highest BCUT2D eigenvalue weighted by Crippen LogP contribution is 2.30. The number of nitrogens with zero attached hydrogens (tertiary/aromatic N) is 3. The second-order valence-electron chi connectivity index (χ2n) is 4.49. The Morgan fingerprint density at radius 3 is 2.50 bits per heavy atom. The molecule has 0 spiro atoms. The van der Waals surface area contributed by atoms with Crippen LogP contribution in [-0.4, -0.2) is 34.3 Å². The van der Waals surface area contributed by atoms with Crippen LogP contribution in [0.5, 0.6) is 0 Å². The normalized spacial score (nSPS) is 18.7. The SMILES string of the molecule is CN(CC1(O)CCCC1)c1ncc(Br)cn1. The minimum absolute atomic E-state index is 0.550. The van der Waals surface area contributed by atoms with Gasteiger partial charge in [-0.25, -0.2) is 9.97 Å². The summed E-state index contributed by atoms with van der Waals surface area (Å²) in [6.45, 7) is 0.606. The van der Waals surface area contributed by atoms with Crippen LogP contribution in [0.2, 0.25) is 0 Å². The van der Waals surface area contributed by atoms with Crippen LogP contribution >= 0.6 is 15.9 Å². The predicted molar refractivity (Wildman–Crippen MR) is 66.4 cm³/mol. The van der Waals surface area contributed by atoms with E-state index in [1.54, 1.807) is 12.4 Å². The van der Waals surface area contributed by atoms with Gasteiger partial charge in [0.2, 0.25) is 5.95 Å². The van der Waals surface area contributed by atoms with Crippen molar-refractivity contribution in [3.63, 3.8) is 0 Å². The van der Waals surface area contributed by atoms with Gasteiger partial charge in [-0.05, 0) is 28.8 Å². The van der Waals surface area contributed by atoms with Gasteiger partial charge in [0.15, 0.2) is 0 Å². The zero-order chi connectivity index (χ0) is 11.6. The molecule has 5 heteroatoms. The van der Waals surface area contributed by atoms with Crippen LogP contribution in [-0.2, 0) is 0 Å². The van der Waals surface area contributed by atoms with Gasteiger partial charge in [-0.2, -0.15) is 0 Å². The quantitative estimate of drug-likeness (QED) is 0.923. The van der Waals surface area contributed by atoms with E-state index in [2.05, 4.69) is 25.9 Å². The molecule has 88 valence electrons. The lowest BCUT2D eigenvalue weighted by atomic mass is 10.0. The second-order valence-corrected chi connectivity index (χ2v) is 5.40. The Labute approximate surface area is 104 Å². The van der Waals surface area contributed by atoms with Crippen molar-refractivity contribution in [3.8, 4) is 0 Å². The number of anilines is 1. The molecule has 1 N–H and O–H groups in total. The number of halogens is 1. The minimum atomic E-state index is -0.550. The van der Waals surface area contributed by atoms with E-state index in [9.17, 15) is 5.11 Å². The van der Waals surface area contributed by atoms with Gasteiger partial charge >= 0.3 is 0 Å². The molecule has 1 aromatic heterocycles. The van der Waals surface area contributed by atoms with Crippen molar-refractivity contribution in [2.45, 2.75) is 31.3 Å². The molecule has 0 aliphatic heterocycles. The summed E-state index contributed by atoms with van der Waals surface area (Å²) < 4.78 is 0.865. The number of hydrogen-bond acceptors (Lipinski definition) is 4. The molecule has 0 atom stereocenters. The first kappa shape index (κ1) is 11.8. The van der Waals surface area contributed by atoms with Gasteiger partial charge in [0.05, 0.1) is 10.1 Å². The Bertz CT molecular complexity index is 349. The van der Waals surface area contributed by atoms with E-state index >= 15 is 0 Å². The summed E-state index contributed by atoms with van der Waals surface area (Å²) in [5, 5.41) is 10.3. The molecule has 1 aliphatic rings. The summed E-state index contributed by atoms with van der Waals surface area (Å²) in [5.41, 5.74) is -0.550. The molecule has 0 amide bonds. The fourth-order valence-electron chi connectivity index (χ4n) is 2.21. The van der Waals surface area contributed by atoms with Gasteiger partial charge in [0.25, 0.3) is 0 Å². The van der Waals surface area contributed by atoms with Crippen molar-refractivity contribution in [2.75, 3.05) is 18.5 Å². The molecule has 2 rings (SSSR count). The molecule has 4 nitrogen and oxygen atoms in total. The van der Waals surface area contributed by atoms with E-state index in [1.807, 2.05) is 11.9 Å². The zero-order valence-corrected chi connectivity index (χ0v) is 10.9. The second kappa shape index (κ2) is 4.67. The maximum Gasteiger partial charge on any atom is 0.225 e. The predicted octanol–water partition coefficient (Wildman–Crippen LogP) is 1.98. The molecule has 0 bridgehead atoms. The molecule has 1 saturated carbocycles. The van der Waals surface area contributed by atoms with Gasteiger partial charge in [0, 0.05) is 26.0 Å². The summed E-state index contributed by atoms with van der Waals surface area (Å²) in [6.07, 6.45) is 7.44. The van der Waals surface area contributed by atoms with Crippen molar-refractivity contribution in [1.82, 2.24) is 9.97 Å². The smallest absolute Gasteiger partial charge is 0.225 e. The number of rotatable bonds is 3. The number of hydrogen-bond donors (Lipinski definition) is 1. The Morgan fingerprint density at radius 1 is 1.38 bits per heavy atom. The molecule has 1 aliphatic carbocycles. The van der Waals surface area contributed by atoms with E-state index in [1.165, 1.54) is 0 Å². The standard InChI is InChI=1S/C11H16BrN3O/c1-15(8-11(16)4-2-3-5-11)10-13-6-9(12)7-14-10/h6-7,16H,2-5,8H2,1H3. The fraction of sp³-hybridized carbons (Fsp3) is 0.636. The number of likely N-dealkylation sites (N-methyl/N-ethyl adjacent to an activating group) is 1. The largest absolute Gasteiger partial charge is 0.388 e. The summed E-state index contributed by atoms with van der Waals surface area (Å²) >= 11 is 3.30. The van der Waals surface area contributed by atoms with Gasteiger partial charge < -0.3 is 10.0 Å². The third-order valence-corrected chi connectivity index (χ3v) is 3.42. The van der Waals surface area contributed by atoms with Gasteiger partial charge in [0.1, 0.15) is 0 Å². The van der Waals surface area contributed by atoms with E-state index in [0.717, 1.165) is 30.2 Å². The maximum absolute atomic E-state index is 10.3. The third-order valence-electron chi connectivity index (χ3n) is 3.01. The first-order valence-corrected chi connectivity index (χ1v) is 6.29. The molecular weight excluding hydrogens is 270 g/mol. The molecular formula is C11H16BrN3O. The van der Waals surface area contributed by atoms with Crippen molar-refractivity contribution < 1.29 is 5.11 Å². The lowest BCUT2D eigenvalue weighted by molar-refractivity contribution is 0.0556. The van der Waals surface area contributed by atoms with Crippen molar-refractivity contribution >= 4 is 21.9 Å². The topological polar surface area (TPSA) is 49.2 Å². The van der Waals surface area contributed by atoms with Gasteiger partial charge in [-0.3, -0.25) is 0 Å². The summed E-state index contributed by atoms with van der Waals surface area (Å²) in [6, 6.07) is 0. The van der Waals surface area contributed by atoms with Crippen molar-refractivity contribution in [1.29, 1.82) is 0 Å². The Balaban J connectivity index is 2.02. The van der Waals surface area contributed by atoms with Gasteiger partial charge in [-0.15, -0.1) is 0 Å². The first-order chi connectivity index (χ1) is 7.59. The van der Waals surface area contributed by atoms with Crippen molar-refractivity contribution in [2.24, 2.45) is 0 Å². The summed E-state index contributed by atoms with van der Waals surface area (Å²) in [7, 11) is 1.92. The molecule has 0 radical (unpaired) electrons. The van der Waals surface area contributed by atoms with E-state index in [4.69, 9.17) is 0 Å². The molecule has 0 aromatic carbocycles. The van der Waals surface area contributed by atoms with Crippen LogP contribution in [0.3, 0.4) is 0 Å². The molecule has 0 saturated heterocycles. The molecule has 0 unspecified atom stereocenters. The first-order valence-electron chi connectivity index (χ1n) is 5.50. The van der Waals surface area contributed by atoms with Crippen LogP contribution in [0.15, 0.2) is 16.9 Å². The molecule has 1 aromatic rings. The fourth-order valence-corrected chi connectivity index (χ4v) is 2.41. The van der Waals surface area contributed by atoms with Gasteiger partial charge in [-0.1, -0.05) is 12.8 Å². The summed E-state index contributed by atoms with van der Waals surface area (Å²) in [5.74, 6) is 0.656. The minimum Gasteiger partial charge on any atom is -0.388 e. The zero-order valence-electron chi connectivity index (χ0n) is 9.36. The van der Waals surface area contributed by atoms with Crippen LogP contribution in [0.4, 0.5) is 5.95 Å². The monoisotopic (exact) mass is 285 g/mol. The number of aliphatic hydroxyl groups is 1. The molecule has 1 fully saturated rings. The average Bonchev–Trinajstić information content (AvgIpc) is 2.65. The Hall–Kier alpha value is -0.680. The van der Waals surface area contributed by atoms with Crippen LogP contribution in [0.1, 0.15) is 25.7 Å². The van der Waals surface area contributed by atoms with Crippen molar-refractivity contribution in [3.05, 3.63) is 16.9 Å². The van der Waals surface area contributed by atoms with Crippen LogP contribution in [0, 0.1) is 0 Å². The third kappa shape index (κ3) is 2.71. The van der Waals surface area contributed by atoms with E-state index in [-0.39, 0.29) is 0 Å². The van der Waals surface area contributed by atoms with E-state index < -0.39 is 5.60 Å². The lowest BCUT2D eigenvalue weighted by Crippen LogP contribution is -2.39. The van der Waals surface area contributed by atoms with E-state index in [0.29, 0.717) is 12.5 Å². The average molecular weight is 286 g/mol. The highest BCUT2D eigenvalue weighted by molar-refractivity contribution is 9.10. The molecule has 16 heavy (non-hydrogen) atoms. The van der Waals surface area contributed by atoms with Crippen LogP contribution in [0.25, 0.3) is 0 Å². The highest BCUT2D eigenvalue weighted by Gasteiger charge is 2.32. The Morgan fingerprint density at radius 2 is 1.94 bits per heavy atom. The highest BCUT2D eigenvalue weighted by atomic mass is 79.9.